The van der Waals surface area contributed by atoms with Crippen LogP contribution in [0.15, 0.2) is 34.8 Å². The van der Waals surface area contributed by atoms with Crippen molar-refractivity contribution in [3.63, 3.8) is 0 Å². The van der Waals surface area contributed by atoms with E-state index in [4.69, 9.17) is 37.4 Å². The minimum Gasteiger partial charge on any atom is -0.490 e. The van der Waals surface area contributed by atoms with E-state index in [0.717, 1.165) is 48.1 Å². The molecule has 1 heterocycles. The zero-order valence-electron chi connectivity index (χ0n) is 15.8. The lowest BCUT2D eigenvalue weighted by molar-refractivity contribution is 0.110. The maximum atomic E-state index is 6.25. The van der Waals surface area contributed by atoms with Crippen LogP contribution in [0.3, 0.4) is 0 Å². The van der Waals surface area contributed by atoms with Gasteiger partial charge in [0, 0.05) is 35.3 Å². The van der Waals surface area contributed by atoms with Gasteiger partial charge in [-0.2, -0.15) is 0 Å². The molecule has 0 saturated carbocycles. The van der Waals surface area contributed by atoms with Crippen LogP contribution in [0.25, 0.3) is 0 Å². The third kappa shape index (κ3) is 5.77. The topological polar surface area (TPSA) is 39.7 Å². The summed E-state index contributed by atoms with van der Waals surface area (Å²) in [7, 11) is 0. The second-order valence-electron chi connectivity index (χ2n) is 6.59. The highest BCUT2D eigenvalue weighted by molar-refractivity contribution is 9.10. The van der Waals surface area contributed by atoms with Crippen LogP contribution in [0.5, 0.6) is 11.5 Å². The number of hydrogen-bond donors (Lipinski definition) is 1. The highest BCUT2D eigenvalue weighted by atomic mass is 79.9. The zero-order valence-corrected chi connectivity index (χ0v) is 18.9. The van der Waals surface area contributed by atoms with Crippen LogP contribution in [0.2, 0.25) is 10.0 Å². The minimum atomic E-state index is 0.258. The third-order valence-corrected chi connectivity index (χ3v) is 5.81. The second kappa shape index (κ2) is 10.7. The van der Waals surface area contributed by atoms with E-state index < -0.39 is 0 Å². The molecule has 1 atom stereocenters. The average Bonchev–Trinajstić information content (AvgIpc) is 3.17. The van der Waals surface area contributed by atoms with Gasteiger partial charge in [0.1, 0.15) is 6.61 Å². The number of rotatable bonds is 9. The van der Waals surface area contributed by atoms with E-state index in [2.05, 4.69) is 21.2 Å². The molecule has 0 amide bonds. The highest BCUT2D eigenvalue weighted by Gasteiger charge is 2.16. The van der Waals surface area contributed by atoms with E-state index in [1.807, 2.05) is 25.1 Å². The van der Waals surface area contributed by atoms with Crippen LogP contribution >= 0.6 is 39.1 Å². The van der Waals surface area contributed by atoms with Crippen LogP contribution in [0.4, 0.5) is 0 Å². The largest absolute Gasteiger partial charge is 0.490 e. The average molecular weight is 489 g/mol. The summed E-state index contributed by atoms with van der Waals surface area (Å²) in [6, 6.07) is 9.45. The molecule has 1 aliphatic heterocycles. The van der Waals surface area contributed by atoms with Gasteiger partial charge in [-0.15, -0.1) is 0 Å². The smallest absolute Gasteiger partial charge is 0.175 e. The standard InChI is InChI=1S/C21H24BrCl2NO3/c1-2-26-20-10-14(11-25-12-15-5-4-8-27-15)9-17(22)21(20)28-13-16-18(23)6-3-7-19(16)24/h3,6-7,9-10,15,25H,2,4-5,8,11-13H2,1H3/t15-/m1/s1. The van der Waals surface area contributed by atoms with Crippen molar-refractivity contribution < 1.29 is 14.2 Å². The molecule has 0 radical (unpaired) electrons. The normalized spacial score (nSPS) is 16.4. The van der Waals surface area contributed by atoms with E-state index in [0.29, 0.717) is 34.3 Å². The summed E-state index contributed by atoms with van der Waals surface area (Å²) in [5.74, 6) is 1.33. The molecule has 3 rings (SSSR count). The van der Waals surface area contributed by atoms with Crippen molar-refractivity contribution >= 4 is 39.1 Å². The number of nitrogens with one attached hydrogen (secondary N) is 1. The maximum absolute atomic E-state index is 6.25. The van der Waals surface area contributed by atoms with Crippen molar-refractivity contribution in [1.82, 2.24) is 5.32 Å². The van der Waals surface area contributed by atoms with Gasteiger partial charge in [0.25, 0.3) is 0 Å². The number of hydrogen-bond acceptors (Lipinski definition) is 4. The van der Waals surface area contributed by atoms with Crippen LogP contribution < -0.4 is 14.8 Å². The van der Waals surface area contributed by atoms with Crippen LogP contribution in [-0.4, -0.2) is 25.9 Å². The summed E-state index contributed by atoms with van der Waals surface area (Å²) in [6.07, 6.45) is 2.59. The molecule has 4 nitrogen and oxygen atoms in total. The molecule has 0 unspecified atom stereocenters. The van der Waals surface area contributed by atoms with Crippen molar-refractivity contribution in [2.75, 3.05) is 19.8 Å². The summed E-state index contributed by atoms with van der Waals surface area (Å²) < 4.78 is 18.3. The molecule has 1 saturated heterocycles. The van der Waals surface area contributed by atoms with Crippen molar-refractivity contribution in [2.24, 2.45) is 0 Å². The number of benzene rings is 2. The van der Waals surface area contributed by atoms with E-state index in [9.17, 15) is 0 Å². The fraction of sp³-hybridized carbons (Fsp3) is 0.429. The molecule has 7 heteroatoms. The molecule has 1 N–H and O–H groups in total. The van der Waals surface area contributed by atoms with Crippen LogP contribution in [0.1, 0.15) is 30.9 Å². The molecular formula is C21H24BrCl2NO3. The summed E-state index contributed by atoms with van der Waals surface area (Å²) in [5, 5.41) is 4.62. The first-order valence-electron chi connectivity index (χ1n) is 9.41. The van der Waals surface area contributed by atoms with Gasteiger partial charge in [-0.25, -0.2) is 0 Å². The first kappa shape index (κ1) is 21.7. The molecule has 1 fully saturated rings. The zero-order chi connectivity index (χ0) is 19.9. The van der Waals surface area contributed by atoms with Gasteiger partial charge < -0.3 is 19.5 Å². The fourth-order valence-electron chi connectivity index (χ4n) is 3.12. The first-order valence-corrected chi connectivity index (χ1v) is 11.0. The van der Waals surface area contributed by atoms with Gasteiger partial charge in [-0.3, -0.25) is 0 Å². The Morgan fingerprint density at radius 3 is 2.68 bits per heavy atom. The molecule has 2 aromatic rings. The van der Waals surface area contributed by atoms with Gasteiger partial charge in [0.2, 0.25) is 0 Å². The van der Waals surface area contributed by atoms with E-state index in [-0.39, 0.29) is 6.61 Å². The van der Waals surface area contributed by atoms with E-state index in [1.165, 1.54) is 0 Å². The molecule has 0 aromatic heterocycles. The molecule has 0 bridgehead atoms. The molecule has 28 heavy (non-hydrogen) atoms. The predicted octanol–water partition coefficient (Wildman–Crippen LogP) is 6.00. The van der Waals surface area contributed by atoms with Gasteiger partial charge in [0.15, 0.2) is 11.5 Å². The Hall–Kier alpha value is -0.980. The minimum absolute atomic E-state index is 0.258. The second-order valence-corrected chi connectivity index (χ2v) is 8.26. The van der Waals surface area contributed by atoms with Crippen molar-refractivity contribution in [3.05, 3.63) is 56.0 Å². The SMILES string of the molecule is CCOc1cc(CNC[C@H]2CCCO2)cc(Br)c1OCc1c(Cl)cccc1Cl. The van der Waals surface area contributed by atoms with E-state index >= 15 is 0 Å². The summed E-state index contributed by atoms with van der Waals surface area (Å²) in [5.41, 5.74) is 1.86. The van der Waals surface area contributed by atoms with Gasteiger partial charge in [-0.1, -0.05) is 29.3 Å². The van der Waals surface area contributed by atoms with Crippen molar-refractivity contribution in [2.45, 2.75) is 39.0 Å². The fourth-order valence-corrected chi connectivity index (χ4v) is 4.23. The third-order valence-electron chi connectivity index (χ3n) is 4.52. The molecule has 152 valence electrons. The van der Waals surface area contributed by atoms with Crippen LogP contribution in [-0.2, 0) is 17.9 Å². The first-order chi connectivity index (χ1) is 13.6. The molecular weight excluding hydrogens is 465 g/mol. The van der Waals surface area contributed by atoms with Crippen molar-refractivity contribution in [3.8, 4) is 11.5 Å². The Morgan fingerprint density at radius 2 is 2.00 bits per heavy atom. The molecule has 0 aliphatic carbocycles. The summed E-state index contributed by atoms with van der Waals surface area (Å²) in [6.45, 7) is 5.20. The molecule has 2 aromatic carbocycles. The quantitative estimate of drug-likeness (QED) is 0.469. The van der Waals surface area contributed by atoms with Gasteiger partial charge >= 0.3 is 0 Å². The Balaban J connectivity index is 1.69. The van der Waals surface area contributed by atoms with Gasteiger partial charge in [0.05, 0.1) is 17.2 Å². The summed E-state index contributed by atoms with van der Waals surface area (Å²) in [4.78, 5) is 0. The maximum Gasteiger partial charge on any atom is 0.175 e. The molecule has 1 aliphatic rings. The number of ether oxygens (including phenoxy) is 3. The highest BCUT2D eigenvalue weighted by Crippen LogP contribution is 2.38. The van der Waals surface area contributed by atoms with E-state index in [1.54, 1.807) is 12.1 Å². The Morgan fingerprint density at radius 1 is 1.21 bits per heavy atom. The van der Waals surface area contributed by atoms with Crippen molar-refractivity contribution in [1.29, 1.82) is 0 Å². The lowest BCUT2D eigenvalue weighted by Crippen LogP contribution is -2.25. The number of halogens is 3. The Labute approximate surface area is 184 Å². The lowest BCUT2D eigenvalue weighted by atomic mass is 10.2. The van der Waals surface area contributed by atoms with Gasteiger partial charge in [-0.05, 0) is 65.5 Å². The monoisotopic (exact) mass is 487 g/mol. The lowest BCUT2D eigenvalue weighted by Gasteiger charge is -2.17. The summed E-state index contributed by atoms with van der Waals surface area (Å²) >= 11 is 16.1. The predicted molar refractivity (Wildman–Crippen MR) is 117 cm³/mol. The van der Waals surface area contributed by atoms with Crippen LogP contribution in [0, 0.1) is 0 Å². The Kier molecular flexibility index (Phi) is 8.30. The molecule has 0 spiro atoms. The Bertz CT molecular complexity index is 777.